The lowest BCUT2D eigenvalue weighted by Gasteiger charge is -2.27. The number of furan rings is 1. The maximum absolute atomic E-state index is 12.7. The number of thioether (sulfide) groups is 1. The van der Waals surface area contributed by atoms with Crippen LogP contribution in [0.2, 0.25) is 0 Å². The molecule has 1 aliphatic carbocycles. The molecule has 0 unspecified atom stereocenters. The molecule has 0 bridgehead atoms. The number of rotatable bonds is 6. The minimum atomic E-state index is -0.342. The Kier molecular flexibility index (Phi) is 7.09. The highest BCUT2D eigenvalue weighted by Gasteiger charge is 2.26. The fourth-order valence-electron chi connectivity index (χ4n) is 3.27. The number of carbonyl (C=O) groups is 2. The molecule has 6 nitrogen and oxygen atoms in total. The smallest absolute Gasteiger partial charge is 0.268 e. The van der Waals surface area contributed by atoms with Gasteiger partial charge < -0.3 is 20.0 Å². The van der Waals surface area contributed by atoms with Crippen molar-refractivity contribution in [1.82, 2.24) is 15.5 Å². The molecule has 2 aliphatic rings. The van der Waals surface area contributed by atoms with Gasteiger partial charge in [-0.05, 0) is 68.1 Å². The lowest BCUT2D eigenvalue weighted by molar-refractivity contribution is -0.117. The van der Waals surface area contributed by atoms with E-state index in [1.807, 2.05) is 12.1 Å². The van der Waals surface area contributed by atoms with Crippen molar-refractivity contribution in [3.63, 3.8) is 0 Å². The van der Waals surface area contributed by atoms with Crippen LogP contribution in [-0.4, -0.2) is 40.2 Å². The maximum Gasteiger partial charge on any atom is 0.268 e. The van der Waals surface area contributed by atoms with Crippen LogP contribution in [0.3, 0.4) is 0 Å². The molecule has 8 heteroatoms. The second-order valence-corrected chi connectivity index (χ2v) is 9.34. The molecule has 4 rings (SSSR count). The van der Waals surface area contributed by atoms with E-state index in [9.17, 15) is 9.59 Å². The Morgan fingerprint density at radius 1 is 1.06 bits per heavy atom. The van der Waals surface area contributed by atoms with Gasteiger partial charge in [0.25, 0.3) is 11.8 Å². The van der Waals surface area contributed by atoms with Crippen LogP contribution in [0.15, 0.2) is 57.7 Å². The van der Waals surface area contributed by atoms with Crippen LogP contribution in [0.4, 0.5) is 0 Å². The molecule has 1 saturated heterocycles. The molecule has 2 aromatic rings. The molecule has 31 heavy (non-hydrogen) atoms. The summed E-state index contributed by atoms with van der Waals surface area (Å²) in [6.45, 7) is 1.96. The zero-order chi connectivity index (χ0) is 21.6. The molecule has 2 heterocycles. The molecular weight excluding hydrogens is 430 g/mol. The van der Waals surface area contributed by atoms with Crippen molar-refractivity contribution < 1.29 is 14.0 Å². The molecule has 1 aliphatic heterocycles. The van der Waals surface area contributed by atoms with E-state index in [0.717, 1.165) is 43.1 Å². The topological polar surface area (TPSA) is 74.6 Å². The summed E-state index contributed by atoms with van der Waals surface area (Å²) in [5, 5.41) is 6.31. The van der Waals surface area contributed by atoms with Crippen molar-refractivity contribution in [2.75, 3.05) is 13.1 Å². The third kappa shape index (κ3) is 6.21. The fourth-order valence-corrected chi connectivity index (χ4v) is 4.46. The quantitative estimate of drug-likeness (QED) is 0.387. The Hall–Kier alpha value is -2.58. The van der Waals surface area contributed by atoms with Crippen LogP contribution in [0.1, 0.15) is 48.2 Å². The van der Waals surface area contributed by atoms with E-state index in [2.05, 4.69) is 15.5 Å². The fraction of sp³-hybridized carbons (Fsp3) is 0.348. The second-order valence-electron chi connectivity index (χ2n) is 7.70. The highest BCUT2D eigenvalue weighted by molar-refractivity contribution is 8.22. The summed E-state index contributed by atoms with van der Waals surface area (Å²) in [5.74, 6) is -0.176. The highest BCUT2D eigenvalue weighted by atomic mass is 32.2. The third-order valence-electron chi connectivity index (χ3n) is 5.13. The van der Waals surface area contributed by atoms with Crippen molar-refractivity contribution in [2.24, 2.45) is 0 Å². The van der Waals surface area contributed by atoms with Gasteiger partial charge in [-0.2, -0.15) is 0 Å². The van der Waals surface area contributed by atoms with Crippen molar-refractivity contribution >= 4 is 46.2 Å². The normalized spacial score (nSPS) is 16.6. The van der Waals surface area contributed by atoms with E-state index >= 15 is 0 Å². The van der Waals surface area contributed by atoms with Gasteiger partial charge in [0.05, 0.1) is 0 Å². The summed E-state index contributed by atoms with van der Waals surface area (Å²) in [4.78, 5) is 27.5. The van der Waals surface area contributed by atoms with E-state index in [4.69, 9.17) is 16.6 Å². The summed E-state index contributed by atoms with van der Waals surface area (Å²) >= 11 is 6.96. The molecule has 1 aromatic carbocycles. The minimum absolute atomic E-state index is 0.158. The predicted octanol–water partition coefficient (Wildman–Crippen LogP) is 4.19. The lowest BCUT2D eigenvalue weighted by Crippen LogP contribution is -2.35. The molecular formula is C23H25N3O3S2. The summed E-state index contributed by atoms with van der Waals surface area (Å²) in [5.41, 5.74) is 0.639. The van der Waals surface area contributed by atoms with Gasteiger partial charge in [-0.1, -0.05) is 30.4 Å². The molecule has 2 N–H and O–H groups in total. The van der Waals surface area contributed by atoms with Gasteiger partial charge in [-0.15, -0.1) is 0 Å². The Morgan fingerprint density at radius 3 is 2.52 bits per heavy atom. The van der Waals surface area contributed by atoms with Gasteiger partial charge >= 0.3 is 0 Å². The van der Waals surface area contributed by atoms with E-state index in [-0.39, 0.29) is 23.6 Å². The van der Waals surface area contributed by atoms with E-state index < -0.39 is 0 Å². The van der Waals surface area contributed by atoms with Gasteiger partial charge in [-0.25, -0.2) is 0 Å². The predicted molar refractivity (Wildman–Crippen MR) is 126 cm³/mol. The van der Waals surface area contributed by atoms with E-state index in [1.54, 1.807) is 36.4 Å². The third-order valence-corrected chi connectivity index (χ3v) is 6.49. The largest absolute Gasteiger partial charge is 0.450 e. The summed E-state index contributed by atoms with van der Waals surface area (Å²) in [6.07, 6.45) is 7.05. The van der Waals surface area contributed by atoms with Crippen LogP contribution in [-0.2, 0) is 4.79 Å². The number of nitrogens with zero attached hydrogens (tertiary/aromatic N) is 1. The first-order valence-electron chi connectivity index (χ1n) is 10.5. The van der Waals surface area contributed by atoms with E-state index in [1.165, 1.54) is 18.2 Å². The minimum Gasteiger partial charge on any atom is -0.450 e. The van der Waals surface area contributed by atoms with Crippen LogP contribution in [0.5, 0.6) is 0 Å². The van der Waals surface area contributed by atoms with Gasteiger partial charge in [0, 0.05) is 30.8 Å². The average molecular weight is 456 g/mol. The molecule has 1 saturated carbocycles. The van der Waals surface area contributed by atoms with Gasteiger partial charge in [0.2, 0.25) is 0 Å². The van der Waals surface area contributed by atoms with Crippen LogP contribution in [0.25, 0.3) is 6.08 Å². The molecule has 0 spiro atoms. The lowest BCUT2D eigenvalue weighted by atomic mass is 10.1. The molecule has 2 fully saturated rings. The van der Waals surface area contributed by atoms with Crippen molar-refractivity contribution in [1.29, 1.82) is 0 Å². The first-order chi connectivity index (χ1) is 15.1. The van der Waals surface area contributed by atoms with Gasteiger partial charge in [-0.3, -0.25) is 9.59 Å². The van der Waals surface area contributed by atoms with Crippen LogP contribution < -0.4 is 10.6 Å². The number of likely N-dealkylation sites (tertiary alicyclic amines) is 1. The van der Waals surface area contributed by atoms with Gasteiger partial charge in [0.1, 0.15) is 15.8 Å². The molecule has 162 valence electrons. The number of nitrogens with one attached hydrogen (secondary N) is 2. The van der Waals surface area contributed by atoms with E-state index in [0.29, 0.717) is 16.4 Å². The maximum atomic E-state index is 12.7. The second kappa shape index (κ2) is 10.2. The first-order valence-corrected chi connectivity index (χ1v) is 11.8. The van der Waals surface area contributed by atoms with Crippen molar-refractivity contribution in [2.45, 2.75) is 43.2 Å². The Bertz CT molecular complexity index is 977. The number of carbonyl (C=O) groups excluding carboxylic acids is 2. The van der Waals surface area contributed by atoms with Crippen LogP contribution >= 0.6 is 24.0 Å². The standard InChI is InChI=1S/C23H25N3O3S2/c27-21(16-7-3-1-4-8-16)25-19(22(28)24-17-9-10-17)15-18-11-12-20(29-18)31-23(30)26-13-5-2-6-14-26/h1,3-4,7-8,11-12,15,17H,2,5-6,9-10,13-14H2,(H,24,28)(H,25,27)/b19-15+. The number of benzene rings is 1. The highest BCUT2D eigenvalue weighted by Crippen LogP contribution is 2.27. The summed E-state index contributed by atoms with van der Waals surface area (Å²) in [6, 6.07) is 12.6. The number of thiocarbonyl (C=S) groups is 1. The molecule has 2 amide bonds. The Labute approximate surface area is 191 Å². The summed E-state index contributed by atoms with van der Waals surface area (Å²) in [7, 11) is 0. The number of hydrogen-bond acceptors (Lipinski definition) is 5. The Balaban J connectivity index is 1.46. The number of amides is 2. The summed E-state index contributed by atoms with van der Waals surface area (Å²) < 4.78 is 6.67. The van der Waals surface area contributed by atoms with Gasteiger partial charge in [0.15, 0.2) is 5.09 Å². The molecule has 1 aromatic heterocycles. The zero-order valence-electron chi connectivity index (χ0n) is 17.1. The van der Waals surface area contributed by atoms with Crippen LogP contribution in [0, 0.1) is 0 Å². The average Bonchev–Trinajstić information content (AvgIpc) is 3.51. The Morgan fingerprint density at radius 2 is 1.81 bits per heavy atom. The SMILES string of the molecule is O=C(NC1CC1)/C(=C\c1ccc(SC(=S)N2CCCCC2)o1)NC(=O)c1ccccc1. The monoisotopic (exact) mass is 455 g/mol. The molecule has 0 radical (unpaired) electrons. The number of hydrogen-bond donors (Lipinski definition) is 2. The van der Waals surface area contributed by atoms with Crippen molar-refractivity contribution in [3.8, 4) is 0 Å². The zero-order valence-corrected chi connectivity index (χ0v) is 18.8. The first kappa shape index (κ1) is 21.6. The van der Waals surface area contributed by atoms with Crippen molar-refractivity contribution in [3.05, 3.63) is 59.5 Å². The molecule has 0 atom stereocenters. The number of piperidine rings is 1.